The number of likely N-dealkylation sites (tertiary alicyclic amines) is 1. The third-order valence-electron chi connectivity index (χ3n) is 6.14. The van der Waals surface area contributed by atoms with Gasteiger partial charge in [0.25, 0.3) is 15.7 Å². The fourth-order valence-electron chi connectivity index (χ4n) is 4.22. The van der Waals surface area contributed by atoms with Gasteiger partial charge in [-0.3, -0.25) is 19.3 Å². The summed E-state index contributed by atoms with van der Waals surface area (Å²) in [6.45, 7) is 3.42. The first-order chi connectivity index (χ1) is 16.3. The normalized spacial score (nSPS) is 16.3. The Morgan fingerprint density at radius 1 is 1.06 bits per heavy atom. The van der Waals surface area contributed by atoms with Crippen LogP contribution >= 0.6 is 0 Å². The Kier molecular flexibility index (Phi) is 7.14. The standard InChI is InChI=1S/C25H28N4O4S/c1-27(34(32,33)23-10-6-3-7-11-23)22-12-13-24(25(16-22)29(30)31)26-17-21-14-15-28(19-21)18-20-8-4-2-5-9-20/h2-13,16,21,26H,14-15,17-19H2,1H3. The van der Waals surface area contributed by atoms with Crippen molar-refractivity contribution in [2.45, 2.75) is 17.9 Å². The van der Waals surface area contributed by atoms with Crippen LogP contribution in [0.4, 0.5) is 17.1 Å². The number of rotatable bonds is 9. The minimum atomic E-state index is -3.82. The summed E-state index contributed by atoms with van der Waals surface area (Å²) >= 11 is 0. The zero-order valence-electron chi connectivity index (χ0n) is 19.0. The van der Waals surface area contributed by atoms with Crippen molar-refractivity contribution in [2.75, 3.05) is 36.3 Å². The number of nitrogens with one attached hydrogen (secondary N) is 1. The van der Waals surface area contributed by atoms with Gasteiger partial charge >= 0.3 is 0 Å². The average Bonchev–Trinajstić information content (AvgIpc) is 3.30. The Morgan fingerprint density at radius 2 is 1.74 bits per heavy atom. The molecule has 3 aromatic rings. The van der Waals surface area contributed by atoms with Crippen LogP contribution in [-0.2, 0) is 16.6 Å². The summed E-state index contributed by atoms with van der Waals surface area (Å²) < 4.78 is 26.9. The molecule has 1 atom stereocenters. The molecule has 0 amide bonds. The predicted octanol–water partition coefficient (Wildman–Crippen LogP) is 4.35. The molecular weight excluding hydrogens is 452 g/mol. The van der Waals surface area contributed by atoms with Gasteiger partial charge in [-0.25, -0.2) is 8.42 Å². The Bertz CT molecular complexity index is 1240. The Morgan fingerprint density at radius 3 is 2.41 bits per heavy atom. The number of sulfonamides is 1. The minimum absolute atomic E-state index is 0.128. The molecule has 0 saturated carbocycles. The predicted molar refractivity (Wildman–Crippen MR) is 133 cm³/mol. The highest BCUT2D eigenvalue weighted by molar-refractivity contribution is 7.92. The number of nitro groups is 1. The van der Waals surface area contributed by atoms with Crippen molar-refractivity contribution in [3.63, 3.8) is 0 Å². The van der Waals surface area contributed by atoms with Gasteiger partial charge in [-0.05, 0) is 48.7 Å². The van der Waals surface area contributed by atoms with E-state index < -0.39 is 14.9 Å². The van der Waals surface area contributed by atoms with E-state index in [2.05, 4.69) is 22.3 Å². The van der Waals surface area contributed by atoms with Crippen LogP contribution in [0.15, 0.2) is 83.8 Å². The van der Waals surface area contributed by atoms with E-state index in [0.717, 1.165) is 30.4 Å². The molecule has 0 bridgehead atoms. The average molecular weight is 481 g/mol. The number of anilines is 2. The van der Waals surface area contributed by atoms with E-state index in [4.69, 9.17) is 0 Å². The van der Waals surface area contributed by atoms with Crippen LogP contribution in [0, 0.1) is 16.0 Å². The van der Waals surface area contributed by atoms with E-state index >= 15 is 0 Å². The van der Waals surface area contributed by atoms with E-state index in [0.29, 0.717) is 18.2 Å². The molecule has 4 rings (SSSR count). The summed E-state index contributed by atoms with van der Waals surface area (Å²) in [6.07, 6.45) is 1.02. The Labute approximate surface area is 200 Å². The topological polar surface area (TPSA) is 95.8 Å². The number of nitrogens with zero attached hydrogens (tertiary/aromatic N) is 3. The van der Waals surface area contributed by atoms with Gasteiger partial charge in [0.2, 0.25) is 0 Å². The van der Waals surface area contributed by atoms with Gasteiger partial charge in [-0.2, -0.15) is 0 Å². The quantitative estimate of drug-likeness (QED) is 0.361. The Hall–Kier alpha value is -3.43. The van der Waals surface area contributed by atoms with Gasteiger partial charge in [0.1, 0.15) is 5.69 Å². The zero-order valence-corrected chi connectivity index (χ0v) is 19.8. The van der Waals surface area contributed by atoms with Crippen LogP contribution < -0.4 is 9.62 Å². The second kappa shape index (κ2) is 10.2. The van der Waals surface area contributed by atoms with Crippen LogP contribution in [0.3, 0.4) is 0 Å². The molecule has 3 aromatic carbocycles. The first-order valence-corrected chi connectivity index (χ1v) is 12.6. The molecule has 0 aliphatic carbocycles. The van der Waals surface area contributed by atoms with E-state index in [9.17, 15) is 18.5 Å². The molecule has 34 heavy (non-hydrogen) atoms. The van der Waals surface area contributed by atoms with Crippen LogP contribution in [-0.4, -0.2) is 44.9 Å². The molecule has 0 radical (unpaired) electrons. The minimum Gasteiger partial charge on any atom is -0.379 e. The van der Waals surface area contributed by atoms with E-state index in [-0.39, 0.29) is 16.3 Å². The second-order valence-electron chi connectivity index (χ2n) is 8.50. The van der Waals surface area contributed by atoms with Crippen molar-refractivity contribution in [1.29, 1.82) is 0 Å². The number of benzene rings is 3. The van der Waals surface area contributed by atoms with Crippen molar-refractivity contribution < 1.29 is 13.3 Å². The van der Waals surface area contributed by atoms with Crippen molar-refractivity contribution in [3.05, 3.63) is 94.5 Å². The lowest BCUT2D eigenvalue weighted by Crippen LogP contribution is -2.26. The molecule has 0 aromatic heterocycles. The summed E-state index contributed by atoms with van der Waals surface area (Å²) in [7, 11) is -2.42. The van der Waals surface area contributed by atoms with Crippen LogP contribution in [0.25, 0.3) is 0 Å². The third kappa shape index (κ3) is 5.37. The van der Waals surface area contributed by atoms with Crippen molar-refractivity contribution in [2.24, 2.45) is 5.92 Å². The fraction of sp³-hybridized carbons (Fsp3) is 0.280. The molecule has 1 heterocycles. The smallest absolute Gasteiger partial charge is 0.294 e. The Balaban J connectivity index is 1.43. The van der Waals surface area contributed by atoms with Gasteiger partial charge < -0.3 is 5.32 Å². The van der Waals surface area contributed by atoms with Gasteiger partial charge in [0, 0.05) is 32.7 Å². The van der Waals surface area contributed by atoms with Gasteiger partial charge in [0.05, 0.1) is 15.5 Å². The SMILES string of the molecule is CN(c1ccc(NCC2CCN(Cc3ccccc3)C2)c([N+](=O)[O-])c1)S(=O)(=O)c1ccccc1. The third-order valence-corrected chi connectivity index (χ3v) is 7.94. The zero-order chi connectivity index (χ0) is 24.1. The van der Waals surface area contributed by atoms with Crippen LogP contribution in [0.1, 0.15) is 12.0 Å². The van der Waals surface area contributed by atoms with Gasteiger partial charge in [0.15, 0.2) is 0 Å². The monoisotopic (exact) mass is 480 g/mol. The maximum Gasteiger partial charge on any atom is 0.294 e. The van der Waals surface area contributed by atoms with Crippen molar-refractivity contribution in [1.82, 2.24) is 4.90 Å². The summed E-state index contributed by atoms with van der Waals surface area (Å²) in [5.41, 5.74) is 1.75. The molecule has 8 nitrogen and oxygen atoms in total. The fourth-order valence-corrected chi connectivity index (χ4v) is 5.43. The highest BCUT2D eigenvalue weighted by Gasteiger charge is 2.26. The lowest BCUT2D eigenvalue weighted by atomic mass is 10.1. The van der Waals surface area contributed by atoms with E-state index in [1.165, 1.54) is 30.8 Å². The lowest BCUT2D eigenvalue weighted by Gasteiger charge is -2.20. The number of hydrogen-bond acceptors (Lipinski definition) is 6. The summed E-state index contributed by atoms with van der Waals surface area (Å²) in [5.74, 6) is 0.379. The largest absolute Gasteiger partial charge is 0.379 e. The van der Waals surface area contributed by atoms with Crippen molar-refractivity contribution >= 4 is 27.1 Å². The first kappa shape index (κ1) is 23.7. The summed E-state index contributed by atoms with van der Waals surface area (Å²) in [6, 6.07) is 22.8. The van der Waals surface area contributed by atoms with Crippen LogP contribution in [0.2, 0.25) is 0 Å². The van der Waals surface area contributed by atoms with E-state index in [1.807, 2.05) is 18.2 Å². The molecule has 1 N–H and O–H groups in total. The lowest BCUT2D eigenvalue weighted by molar-refractivity contribution is -0.383. The molecule has 1 saturated heterocycles. The molecule has 0 spiro atoms. The molecule has 178 valence electrons. The first-order valence-electron chi connectivity index (χ1n) is 11.2. The van der Waals surface area contributed by atoms with Gasteiger partial charge in [-0.15, -0.1) is 0 Å². The molecule has 1 aliphatic rings. The maximum atomic E-state index is 12.9. The highest BCUT2D eigenvalue weighted by Crippen LogP contribution is 2.32. The summed E-state index contributed by atoms with van der Waals surface area (Å²) in [5, 5.41) is 15.0. The number of hydrogen-bond donors (Lipinski definition) is 1. The highest BCUT2D eigenvalue weighted by atomic mass is 32.2. The van der Waals surface area contributed by atoms with E-state index in [1.54, 1.807) is 30.3 Å². The molecule has 1 unspecified atom stereocenters. The number of nitro benzene ring substituents is 1. The molecule has 9 heteroatoms. The van der Waals surface area contributed by atoms with Crippen LogP contribution in [0.5, 0.6) is 0 Å². The van der Waals surface area contributed by atoms with Gasteiger partial charge in [-0.1, -0.05) is 48.5 Å². The maximum absolute atomic E-state index is 12.9. The molecular formula is C25H28N4O4S. The molecule has 1 aliphatic heterocycles. The molecule has 1 fully saturated rings. The second-order valence-corrected chi connectivity index (χ2v) is 10.5. The van der Waals surface area contributed by atoms with Crippen molar-refractivity contribution in [3.8, 4) is 0 Å². The summed E-state index contributed by atoms with van der Waals surface area (Å²) in [4.78, 5) is 13.8.